The maximum atomic E-state index is 13.6. The second-order valence-corrected chi connectivity index (χ2v) is 6.23. The molecule has 0 aliphatic heterocycles. The molecule has 4 rings (SSSR count). The van der Waals surface area contributed by atoms with E-state index in [0.29, 0.717) is 33.4 Å². The van der Waals surface area contributed by atoms with Crippen LogP contribution in [0.3, 0.4) is 0 Å². The summed E-state index contributed by atoms with van der Waals surface area (Å²) < 4.78 is 15.1. The highest BCUT2D eigenvalue weighted by molar-refractivity contribution is 6.30. The van der Waals surface area contributed by atoms with Crippen LogP contribution in [-0.2, 0) is 0 Å². The summed E-state index contributed by atoms with van der Waals surface area (Å²) in [6.07, 6.45) is 1.60. The topological polar surface area (TPSA) is 79.5 Å². The SMILES string of the molecule is O=C(O)c1ccc(Nc2nc3c(-c4cccc(F)c4)cc(Cl)cn3n2)cc1. The molecule has 6 nitrogen and oxygen atoms in total. The van der Waals surface area contributed by atoms with Gasteiger partial charge < -0.3 is 10.4 Å². The number of aromatic nitrogens is 3. The monoisotopic (exact) mass is 382 g/mol. The first-order chi connectivity index (χ1) is 13.0. The van der Waals surface area contributed by atoms with E-state index in [9.17, 15) is 9.18 Å². The summed E-state index contributed by atoms with van der Waals surface area (Å²) in [6.45, 7) is 0. The van der Waals surface area contributed by atoms with Crippen LogP contribution in [0.25, 0.3) is 16.8 Å². The first-order valence-electron chi connectivity index (χ1n) is 7.92. The summed E-state index contributed by atoms with van der Waals surface area (Å²) in [7, 11) is 0. The highest BCUT2D eigenvalue weighted by atomic mass is 35.5. The average molecular weight is 383 g/mol. The average Bonchev–Trinajstić information content (AvgIpc) is 3.03. The Balaban J connectivity index is 1.73. The van der Waals surface area contributed by atoms with Crippen LogP contribution in [0.5, 0.6) is 0 Å². The number of nitrogens with one attached hydrogen (secondary N) is 1. The lowest BCUT2D eigenvalue weighted by Gasteiger charge is -2.04. The van der Waals surface area contributed by atoms with Gasteiger partial charge in [0.15, 0.2) is 5.65 Å². The van der Waals surface area contributed by atoms with Crippen molar-refractivity contribution in [1.82, 2.24) is 14.6 Å². The Bertz CT molecular complexity index is 1160. The van der Waals surface area contributed by atoms with Gasteiger partial charge in [-0.05, 0) is 48.0 Å². The number of nitrogens with zero attached hydrogens (tertiary/aromatic N) is 3. The number of fused-ring (bicyclic) bond motifs is 1. The van der Waals surface area contributed by atoms with Gasteiger partial charge in [0, 0.05) is 17.4 Å². The molecule has 0 saturated heterocycles. The predicted octanol–water partition coefficient (Wildman–Crippen LogP) is 4.63. The molecule has 0 spiro atoms. The Morgan fingerprint density at radius 1 is 1.15 bits per heavy atom. The third-order valence-electron chi connectivity index (χ3n) is 3.92. The van der Waals surface area contributed by atoms with E-state index in [1.807, 2.05) is 0 Å². The summed E-state index contributed by atoms with van der Waals surface area (Å²) in [5, 5.41) is 16.7. The van der Waals surface area contributed by atoms with Gasteiger partial charge in [-0.25, -0.2) is 13.7 Å². The zero-order valence-electron chi connectivity index (χ0n) is 13.7. The molecule has 0 aliphatic rings. The van der Waals surface area contributed by atoms with Crippen LogP contribution in [0.1, 0.15) is 10.4 Å². The van der Waals surface area contributed by atoms with Gasteiger partial charge in [0.05, 0.1) is 10.6 Å². The van der Waals surface area contributed by atoms with Crippen molar-refractivity contribution in [3.05, 3.63) is 77.2 Å². The molecular weight excluding hydrogens is 371 g/mol. The zero-order chi connectivity index (χ0) is 19.0. The second kappa shape index (κ2) is 6.69. The van der Waals surface area contributed by atoms with Crippen LogP contribution in [0.4, 0.5) is 16.0 Å². The highest BCUT2D eigenvalue weighted by Gasteiger charge is 2.12. The number of halogens is 2. The van der Waals surface area contributed by atoms with Crippen molar-refractivity contribution in [2.45, 2.75) is 0 Å². The molecule has 0 radical (unpaired) electrons. The van der Waals surface area contributed by atoms with Gasteiger partial charge >= 0.3 is 5.97 Å². The molecule has 8 heteroatoms. The fraction of sp³-hybridized carbons (Fsp3) is 0. The summed E-state index contributed by atoms with van der Waals surface area (Å²) in [5.74, 6) is -1.05. The lowest BCUT2D eigenvalue weighted by atomic mass is 10.1. The predicted molar refractivity (Wildman–Crippen MR) is 100 cm³/mol. The molecule has 2 aromatic heterocycles. The number of rotatable bonds is 4. The fourth-order valence-corrected chi connectivity index (χ4v) is 2.90. The number of benzene rings is 2. The molecule has 0 unspecified atom stereocenters. The number of pyridine rings is 1. The van der Waals surface area contributed by atoms with Gasteiger partial charge in [-0.1, -0.05) is 23.7 Å². The number of anilines is 2. The molecule has 27 heavy (non-hydrogen) atoms. The fourth-order valence-electron chi connectivity index (χ4n) is 2.70. The van der Waals surface area contributed by atoms with Gasteiger partial charge in [0.25, 0.3) is 0 Å². The van der Waals surface area contributed by atoms with Crippen LogP contribution in [-0.4, -0.2) is 25.7 Å². The summed E-state index contributed by atoms with van der Waals surface area (Å²) in [6, 6.07) is 14.0. The van der Waals surface area contributed by atoms with Crippen molar-refractivity contribution in [1.29, 1.82) is 0 Å². The minimum atomic E-state index is -0.998. The Morgan fingerprint density at radius 3 is 2.63 bits per heavy atom. The molecule has 2 heterocycles. The molecule has 0 atom stereocenters. The van der Waals surface area contributed by atoms with Crippen molar-refractivity contribution in [3.8, 4) is 11.1 Å². The number of carbonyl (C=O) groups is 1. The maximum Gasteiger partial charge on any atom is 0.335 e. The number of carboxylic acid groups (broad SMARTS) is 1. The maximum absolute atomic E-state index is 13.6. The standard InChI is InChI=1S/C19H12ClFN4O2/c20-13-9-16(12-2-1-3-14(21)8-12)17-23-19(24-25(17)10-13)22-15-6-4-11(5-7-15)18(26)27/h1-10H,(H,22,24)(H,26,27). The number of carboxylic acids is 1. The minimum absolute atomic E-state index is 0.184. The van der Waals surface area contributed by atoms with E-state index in [0.717, 1.165) is 0 Å². The van der Waals surface area contributed by atoms with Crippen LogP contribution in [0, 0.1) is 5.82 Å². The lowest BCUT2D eigenvalue weighted by molar-refractivity contribution is 0.0697. The first-order valence-corrected chi connectivity index (χ1v) is 8.30. The normalized spacial score (nSPS) is 10.9. The van der Waals surface area contributed by atoms with Crippen LogP contribution < -0.4 is 5.32 Å². The van der Waals surface area contributed by atoms with Crippen LogP contribution in [0.2, 0.25) is 5.02 Å². The van der Waals surface area contributed by atoms with E-state index < -0.39 is 5.97 Å². The third kappa shape index (κ3) is 3.45. The van der Waals surface area contributed by atoms with Crippen LogP contribution >= 0.6 is 11.6 Å². The van der Waals surface area contributed by atoms with E-state index in [4.69, 9.17) is 16.7 Å². The number of hydrogen-bond acceptors (Lipinski definition) is 4. The van der Waals surface area contributed by atoms with Crippen molar-refractivity contribution in [2.75, 3.05) is 5.32 Å². The van der Waals surface area contributed by atoms with Crippen molar-refractivity contribution < 1.29 is 14.3 Å². The van der Waals surface area contributed by atoms with E-state index in [1.165, 1.54) is 28.8 Å². The van der Waals surface area contributed by atoms with Gasteiger partial charge in [-0.15, -0.1) is 5.10 Å². The lowest BCUT2D eigenvalue weighted by Crippen LogP contribution is -1.97. The second-order valence-electron chi connectivity index (χ2n) is 5.79. The number of hydrogen-bond donors (Lipinski definition) is 2. The minimum Gasteiger partial charge on any atom is -0.478 e. The summed E-state index contributed by atoms with van der Waals surface area (Å²) in [4.78, 5) is 15.4. The smallest absolute Gasteiger partial charge is 0.335 e. The molecular formula is C19H12ClFN4O2. The molecule has 2 aromatic carbocycles. The molecule has 4 aromatic rings. The Kier molecular flexibility index (Phi) is 4.21. The van der Waals surface area contributed by atoms with E-state index >= 15 is 0 Å². The van der Waals surface area contributed by atoms with Crippen molar-refractivity contribution in [2.24, 2.45) is 0 Å². The van der Waals surface area contributed by atoms with Gasteiger partial charge in [-0.2, -0.15) is 4.98 Å². The van der Waals surface area contributed by atoms with Crippen LogP contribution in [0.15, 0.2) is 60.8 Å². The Labute approximate surface area is 157 Å². The van der Waals surface area contributed by atoms with Gasteiger partial charge in [0.2, 0.25) is 5.95 Å². The largest absolute Gasteiger partial charge is 0.478 e. The quantitative estimate of drug-likeness (QED) is 0.538. The Hall–Kier alpha value is -3.45. The van der Waals surface area contributed by atoms with Gasteiger partial charge in [0.1, 0.15) is 5.82 Å². The molecule has 0 bridgehead atoms. The Morgan fingerprint density at radius 2 is 1.93 bits per heavy atom. The third-order valence-corrected chi connectivity index (χ3v) is 4.13. The molecule has 0 saturated carbocycles. The molecule has 2 N–H and O–H groups in total. The first kappa shape index (κ1) is 17.0. The van der Waals surface area contributed by atoms with E-state index in [2.05, 4.69) is 15.4 Å². The van der Waals surface area contributed by atoms with Gasteiger partial charge in [-0.3, -0.25) is 0 Å². The van der Waals surface area contributed by atoms with Crippen molar-refractivity contribution >= 4 is 34.9 Å². The summed E-state index contributed by atoms with van der Waals surface area (Å²) in [5.41, 5.74) is 2.60. The highest BCUT2D eigenvalue weighted by Crippen LogP contribution is 2.28. The van der Waals surface area contributed by atoms with E-state index in [1.54, 1.807) is 36.5 Å². The number of aromatic carboxylic acids is 1. The molecule has 0 aliphatic carbocycles. The zero-order valence-corrected chi connectivity index (χ0v) is 14.5. The molecule has 134 valence electrons. The molecule has 0 fully saturated rings. The van der Waals surface area contributed by atoms with E-state index in [-0.39, 0.29) is 11.4 Å². The summed E-state index contributed by atoms with van der Waals surface area (Å²) >= 11 is 6.17. The molecule has 0 amide bonds. The van der Waals surface area contributed by atoms with Crippen molar-refractivity contribution in [3.63, 3.8) is 0 Å².